The molecule has 0 saturated heterocycles. The summed E-state index contributed by atoms with van der Waals surface area (Å²) in [6.45, 7) is 0. The fourth-order valence-electron chi connectivity index (χ4n) is 4.43. The molecule has 0 unspecified atom stereocenters. The van der Waals surface area contributed by atoms with Crippen molar-refractivity contribution in [2.45, 2.75) is 37.8 Å². The minimum Gasteiger partial charge on any atom is -0.365 e. The van der Waals surface area contributed by atoms with Gasteiger partial charge in [0.25, 0.3) is 5.91 Å². The van der Waals surface area contributed by atoms with Crippen LogP contribution in [0, 0.1) is 17.5 Å². The number of carbonyl (C=O) groups is 1. The Morgan fingerprint density at radius 1 is 1.09 bits per heavy atom. The zero-order valence-electron chi connectivity index (χ0n) is 18.4. The van der Waals surface area contributed by atoms with E-state index in [-0.39, 0.29) is 51.8 Å². The maximum Gasteiger partial charge on any atom is 0.268 e. The molecular weight excluding hydrogens is 461 g/mol. The van der Waals surface area contributed by atoms with Crippen molar-refractivity contribution in [2.75, 3.05) is 5.32 Å². The molecule has 180 valence electrons. The van der Waals surface area contributed by atoms with Crippen LogP contribution in [0.15, 0.2) is 47.5 Å². The molecule has 1 aromatic carbocycles. The predicted molar refractivity (Wildman–Crippen MR) is 123 cm³/mol. The van der Waals surface area contributed by atoms with Crippen LogP contribution in [0.25, 0.3) is 22.3 Å². The first-order chi connectivity index (χ1) is 16.9. The smallest absolute Gasteiger partial charge is 0.268 e. The molecule has 0 spiro atoms. The molecule has 3 heterocycles. The number of fused-ring (bicyclic) bond motifs is 1. The van der Waals surface area contributed by atoms with Crippen molar-refractivity contribution in [3.8, 4) is 11.4 Å². The molecule has 4 N–H and O–H groups in total. The summed E-state index contributed by atoms with van der Waals surface area (Å²) >= 11 is 0. The standard InChI is InChI=1S/C24H21F3N6O2/c25-12-7-15-16(10-28-21(15)17(26)8-12)22-29-11-18(27)23(33-22)30-13-3-1-4-14(9-13)31-24(35)19-5-2-6-20(34)32-19/h2,5-8,10-11,13-14,28H,1,3-4,9H2,(H,31,35)(H,32,34)(H,29,30,33)/t13-,14+/m0/s1. The number of pyridine rings is 1. The lowest BCUT2D eigenvalue weighted by Crippen LogP contribution is -2.42. The molecule has 0 aliphatic heterocycles. The third-order valence-corrected chi connectivity index (χ3v) is 6.05. The van der Waals surface area contributed by atoms with Crippen LogP contribution in [-0.4, -0.2) is 37.9 Å². The molecule has 1 aliphatic carbocycles. The average Bonchev–Trinajstić information content (AvgIpc) is 3.25. The molecule has 2 atom stereocenters. The monoisotopic (exact) mass is 482 g/mol. The summed E-state index contributed by atoms with van der Waals surface area (Å²) in [4.78, 5) is 37.4. The van der Waals surface area contributed by atoms with E-state index in [1.54, 1.807) is 0 Å². The second-order valence-corrected chi connectivity index (χ2v) is 8.51. The van der Waals surface area contributed by atoms with Gasteiger partial charge in [0.15, 0.2) is 17.5 Å². The van der Waals surface area contributed by atoms with E-state index in [0.717, 1.165) is 31.5 Å². The highest BCUT2D eigenvalue weighted by atomic mass is 19.1. The Labute approximate surface area is 197 Å². The van der Waals surface area contributed by atoms with Gasteiger partial charge >= 0.3 is 0 Å². The zero-order valence-corrected chi connectivity index (χ0v) is 18.4. The van der Waals surface area contributed by atoms with Gasteiger partial charge in [-0.3, -0.25) is 9.59 Å². The molecule has 1 amide bonds. The number of rotatable bonds is 5. The molecule has 3 aromatic heterocycles. The number of hydrogen-bond acceptors (Lipinski definition) is 5. The first-order valence-electron chi connectivity index (χ1n) is 11.1. The van der Waals surface area contributed by atoms with Gasteiger partial charge in [-0.1, -0.05) is 6.07 Å². The van der Waals surface area contributed by atoms with E-state index < -0.39 is 17.5 Å². The third kappa shape index (κ3) is 4.75. The first-order valence-corrected chi connectivity index (χ1v) is 11.1. The fourth-order valence-corrected chi connectivity index (χ4v) is 4.43. The number of nitrogens with one attached hydrogen (secondary N) is 4. The number of benzene rings is 1. The van der Waals surface area contributed by atoms with Gasteiger partial charge in [-0.15, -0.1) is 0 Å². The summed E-state index contributed by atoms with van der Waals surface area (Å²) in [5.74, 6) is -2.47. The number of nitrogens with zero attached hydrogens (tertiary/aromatic N) is 2. The Bertz CT molecular complexity index is 1470. The molecule has 1 saturated carbocycles. The lowest BCUT2D eigenvalue weighted by molar-refractivity contribution is 0.0921. The van der Waals surface area contributed by atoms with Gasteiger partial charge in [0.1, 0.15) is 17.3 Å². The number of aromatic nitrogens is 4. The lowest BCUT2D eigenvalue weighted by atomic mass is 9.91. The van der Waals surface area contributed by atoms with E-state index >= 15 is 0 Å². The second-order valence-electron chi connectivity index (χ2n) is 8.51. The molecular formula is C24H21F3N6O2. The molecule has 1 aliphatic rings. The van der Waals surface area contributed by atoms with Crippen LogP contribution in [0.4, 0.5) is 19.0 Å². The summed E-state index contributed by atoms with van der Waals surface area (Å²) in [7, 11) is 0. The van der Waals surface area contributed by atoms with Gasteiger partial charge in [-0.05, 0) is 37.8 Å². The summed E-state index contributed by atoms with van der Waals surface area (Å²) in [6.07, 6.45) is 5.23. The van der Waals surface area contributed by atoms with Gasteiger partial charge in [0.05, 0.1) is 11.7 Å². The number of amides is 1. The van der Waals surface area contributed by atoms with Crippen LogP contribution in [0.2, 0.25) is 0 Å². The number of aromatic amines is 2. The van der Waals surface area contributed by atoms with Crippen molar-refractivity contribution in [1.82, 2.24) is 25.3 Å². The molecule has 4 aromatic rings. The minimum atomic E-state index is -0.749. The first kappa shape index (κ1) is 22.6. The molecule has 1 fully saturated rings. The summed E-state index contributed by atoms with van der Waals surface area (Å²) in [6, 6.07) is 5.93. The Morgan fingerprint density at radius 3 is 2.74 bits per heavy atom. The van der Waals surface area contributed by atoms with Crippen LogP contribution in [0.5, 0.6) is 0 Å². The van der Waals surface area contributed by atoms with Gasteiger partial charge in [0, 0.05) is 41.4 Å². The number of halogens is 3. The predicted octanol–water partition coefficient (Wildman–Crippen LogP) is 3.88. The van der Waals surface area contributed by atoms with E-state index in [0.29, 0.717) is 12.0 Å². The van der Waals surface area contributed by atoms with Gasteiger partial charge < -0.3 is 20.6 Å². The Morgan fingerprint density at radius 2 is 1.91 bits per heavy atom. The molecule has 11 heteroatoms. The van der Waals surface area contributed by atoms with Gasteiger partial charge in [-0.25, -0.2) is 23.1 Å². The molecule has 5 rings (SSSR count). The van der Waals surface area contributed by atoms with E-state index in [1.165, 1.54) is 30.5 Å². The van der Waals surface area contributed by atoms with Gasteiger partial charge in [0.2, 0.25) is 5.56 Å². The quantitative estimate of drug-likeness (QED) is 0.345. The third-order valence-electron chi connectivity index (χ3n) is 6.05. The normalized spacial score (nSPS) is 17.9. The number of hydrogen-bond donors (Lipinski definition) is 4. The highest BCUT2D eigenvalue weighted by molar-refractivity contribution is 5.94. The van der Waals surface area contributed by atoms with Crippen molar-refractivity contribution < 1.29 is 18.0 Å². The van der Waals surface area contributed by atoms with Crippen LogP contribution in [-0.2, 0) is 0 Å². The van der Waals surface area contributed by atoms with Crippen LogP contribution in [0.3, 0.4) is 0 Å². The van der Waals surface area contributed by atoms with E-state index in [1.807, 2.05) is 0 Å². The van der Waals surface area contributed by atoms with Crippen LogP contribution in [0.1, 0.15) is 36.2 Å². The Balaban J connectivity index is 1.33. The highest BCUT2D eigenvalue weighted by Crippen LogP contribution is 2.30. The number of carbonyl (C=O) groups excluding carboxylic acids is 1. The maximum atomic E-state index is 14.6. The molecule has 35 heavy (non-hydrogen) atoms. The highest BCUT2D eigenvalue weighted by Gasteiger charge is 2.25. The van der Waals surface area contributed by atoms with E-state index in [9.17, 15) is 22.8 Å². The summed E-state index contributed by atoms with van der Waals surface area (Å²) in [5.41, 5.74) is 0.253. The fraction of sp³-hybridized carbons (Fsp3) is 0.250. The summed E-state index contributed by atoms with van der Waals surface area (Å²) in [5, 5.41) is 6.24. The second kappa shape index (κ2) is 9.24. The maximum absolute atomic E-state index is 14.6. The topological polar surface area (TPSA) is 116 Å². The lowest BCUT2D eigenvalue weighted by Gasteiger charge is -2.30. The molecule has 0 bridgehead atoms. The van der Waals surface area contributed by atoms with Gasteiger partial charge in [-0.2, -0.15) is 0 Å². The number of anilines is 1. The Kier molecular flexibility index (Phi) is 5.98. The SMILES string of the molecule is O=C(N[C@@H]1CCC[C@H](Nc2nc(-c3c[nH]c4c(F)cc(F)cc34)ncc2F)C1)c1cccc(=O)[nH]1. The van der Waals surface area contributed by atoms with Crippen molar-refractivity contribution in [3.05, 3.63) is 76.2 Å². The Hall–Kier alpha value is -4.15. The zero-order chi connectivity index (χ0) is 24.5. The van der Waals surface area contributed by atoms with Crippen molar-refractivity contribution in [2.24, 2.45) is 0 Å². The molecule has 0 radical (unpaired) electrons. The van der Waals surface area contributed by atoms with Crippen molar-refractivity contribution in [1.29, 1.82) is 0 Å². The minimum absolute atomic E-state index is 0.0365. The van der Waals surface area contributed by atoms with E-state index in [4.69, 9.17) is 0 Å². The van der Waals surface area contributed by atoms with Crippen LogP contribution < -0.4 is 16.2 Å². The average molecular weight is 482 g/mol. The van der Waals surface area contributed by atoms with Crippen LogP contribution >= 0.6 is 0 Å². The number of H-pyrrole nitrogens is 2. The molecule has 8 nitrogen and oxygen atoms in total. The largest absolute Gasteiger partial charge is 0.365 e. The van der Waals surface area contributed by atoms with Crippen molar-refractivity contribution in [3.63, 3.8) is 0 Å². The van der Waals surface area contributed by atoms with Crippen molar-refractivity contribution >= 4 is 22.6 Å². The van der Waals surface area contributed by atoms with E-state index in [2.05, 4.69) is 30.6 Å². The summed E-state index contributed by atoms with van der Waals surface area (Å²) < 4.78 is 42.4.